The number of benzene rings is 2. The minimum Gasteiger partial charge on any atom is -0.355 e. The molecule has 1 aliphatic rings. The number of hydrogen-bond acceptors (Lipinski definition) is 3. The van der Waals surface area contributed by atoms with Gasteiger partial charge >= 0.3 is 0 Å². The van der Waals surface area contributed by atoms with Crippen LogP contribution >= 0.6 is 0 Å². The molecule has 0 spiro atoms. The Morgan fingerprint density at radius 1 is 1.11 bits per heavy atom. The first-order valence-corrected chi connectivity index (χ1v) is 12.2. The zero-order chi connectivity index (χ0) is 25.8. The predicted octanol–water partition coefficient (Wildman–Crippen LogP) is 5.62. The fourth-order valence-electron chi connectivity index (χ4n) is 4.85. The summed E-state index contributed by atoms with van der Waals surface area (Å²) in [6.45, 7) is 2.93. The molecule has 0 radical (unpaired) electrons. The zero-order valence-electron chi connectivity index (χ0n) is 20.9. The van der Waals surface area contributed by atoms with E-state index in [-0.39, 0.29) is 36.1 Å². The molecule has 0 unspecified atom stereocenters. The van der Waals surface area contributed by atoms with Gasteiger partial charge in [0.15, 0.2) is 5.78 Å². The van der Waals surface area contributed by atoms with E-state index in [9.17, 15) is 22.8 Å². The Morgan fingerprint density at radius 2 is 1.77 bits per heavy atom. The molecule has 1 fully saturated rings. The standard InChI is InChI=1S/C28H35F3N2O2/c1-5-25(34)22-12-11-19(16-24(22)29)15-21(33(3)4)18-32-26(35)17-23(20-9-7-6-8-10-20)28(13-14-28)27(2,30)31/h6-12,16,21,23H,5,13-15,17-18H2,1-4H3,(H,32,35)/t21-,23+/m0/s1. The van der Waals surface area contributed by atoms with Crippen molar-refractivity contribution in [2.24, 2.45) is 5.41 Å². The van der Waals surface area contributed by atoms with Crippen LogP contribution in [0.15, 0.2) is 48.5 Å². The molecule has 2 aromatic carbocycles. The lowest BCUT2D eigenvalue weighted by Gasteiger charge is -2.32. The molecule has 1 saturated carbocycles. The summed E-state index contributed by atoms with van der Waals surface area (Å²) in [6.07, 6.45) is 1.47. The maximum Gasteiger partial charge on any atom is 0.251 e. The number of carbonyl (C=O) groups is 2. The van der Waals surface area contributed by atoms with Gasteiger partial charge in [0.05, 0.1) is 5.56 Å². The van der Waals surface area contributed by atoms with Gasteiger partial charge in [0.25, 0.3) is 5.92 Å². The van der Waals surface area contributed by atoms with E-state index in [0.29, 0.717) is 31.4 Å². The molecule has 35 heavy (non-hydrogen) atoms. The summed E-state index contributed by atoms with van der Waals surface area (Å²) in [5.41, 5.74) is 0.359. The van der Waals surface area contributed by atoms with Gasteiger partial charge in [-0.05, 0) is 63.5 Å². The Labute approximate surface area is 205 Å². The molecule has 0 bridgehead atoms. The van der Waals surface area contributed by atoms with Crippen LogP contribution in [-0.4, -0.2) is 49.2 Å². The molecule has 2 atom stereocenters. The van der Waals surface area contributed by atoms with Crippen LogP contribution in [-0.2, 0) is 11.2 Å². The van der Waals surface area contributed by atoms with Crippen LogP contribution in [0.2, 0.25) is 0 Å². The van der Waals surface area contributed by atoms with Gasteiger partial charge in [0.2, 0.25) is 5.91 Å². The van der Waals surface area contributed by atoms with Crippen LogP contribution in [0.3, 0.4) is 0 Å². The molecule has 3 rings (SSSR count). The maximum atomic E-state index is 14.6. The topological polar surface area (TPSA) is 49.4 Å². The molecule has 7 heteroatoms. The normalized spacial score (nSPS) is 16.6. The molecule has 0 aliphatic heterocycles. The fraction of sp³-hybridized carbons (Fsp3) is 0.500. The first kappa shape index (κ1) is 26.9. The highest BCUT2D eigenvalue weighted by molar-refractivity contribution is 5.96. The maximum absolute atomic E-state index is 14.6. The van der Waals surface area contributed by atoms with Crippen molar-refractivity contribution in [2.45, 2.75) is 63.8 Å². The largest absolute Gasteiger partial charge is 0.355 e. The summed E-state index contributed by atoms with van der Waals surface area (Å²) in [6, 6.07) is 13.6. The average molecular weight is 489 g/mol. The third-order valence-electron chi connectivity index (χ3n) is 7.31. The van der Waals surface area contributed by atoms with Crippen LogP contribution in [0.5, 0.6) is 0 Å². The van der Waals surface area contributed by atoms with Crippen LogP contribution in [0.1, 0.15) is 66.9 Å². The minimum absolute atomic E-state index is 0.0178. The molecule has 190 valence electrons. The van der Waals surface area contributed by atoms with E-state index in [0.717, 1.165) is 12.5 Å². The van der Waals surface area contributed by atoms with Crippen molar-refractivity contribution in [3.63, 3.8) is 0 Å². The van der Waals surface area contributed by atoms with Gasteiger partial charge in [0, 0.05) is 36.8 Å². The number of nitrogens with one attached hydrogen (secondary N) is 1. The van der Waals surface area contributed by atoms with Gasteiger partial charge in [0.1, 0.15) is 5.82 Å². The number of nitrogens with zero attached hydrogens (tertiary/aromatic N) is 1. The second-order valence-electron chi connectivity index (χ2n) is 9.93. The van der Waals surface area contributed by atoms with Crippen LogP contribution in [0.4, 0.5) is 13.2 Å². The Bertz CT molecular complexity index is 1030. The lowest BCUT2D eigenvalue weighted by atomic mass is 9.77. The number of alkyl halides is 2. The summed E-state index contributed by atoms with van der Waals surface area (Å²) >= 11 is 0. The number of amides is 1. The van der Waals surface area contributed by atoms with Gasteiger partial charge in [-0.3, -0.25) is 9.59 Å². The molecular weight excluding hydrogens is 453 g/mol. The van der Waals surface area contributed by atoms with E-state index in [1.807, 2.05) is 49.3 Å². The van der Waals surface area contributed by atoms with E-state index in [4.69, 9.17) is 0 Å². The molecule has 1 amide bonds. The second kappa shape index (κ2) is 10.9. The van der Waals surface area contributed by atoms with Crippen molar-refractivity contribution in [1.29, 1.82) is 0 Å². The minimum atomic E-state index is -2.88. The number of rotatable bonds is 12. The van der Waals surface area contributed by atoms with Crippen molar-refractivity contribution in [3.05, 3.63) is 71.0 Å². The van der Waals surface area contributed by atoms with E-state index in [2.05, 4.69) is 5.32 Å². The number of halogens is 3. The fourth-order valence-corrected chi connectivity index (χ4v) is 4.85. The first-order valence-electron chi connectivity index (χ1n) is 12.2. The van der Waals surface area contributed by atoms with Crippen molar-refractivity contribution >= 4 is 11.7 Å². The second-order valence-corrected chi connectivity index (χ2v) is 9.93. The lowest BCUT2D eigenvalue weighted by molar-refractivity contribution is -0.123. The molecule has 0 saturated heterocycles. The Hall–Kier alpha value is -2.67. The van der Waals surface area contributed by atoms with Crippen LogP contribution in [0, 0.1) is 11.2 Å². The average Bonchev–Trinajstić information content (AvgIpc) is 3.62. The summed E-state index contributed by atoms with van der Waals surface area (Å²) in [5, 5.41) is 2.92. The molecule has 1 aliphatic carbocycles. The van der Waals surface area contributed by atoms with E-state index in [1.54, 1.807) is 13.0 Å². The highest BCUT2D eigenvalue weighted by atomic mass is 19.3. The highest BCUT2D eigenvalue weighted by Crippen LogP contribution is 2.65. The van der Waals surface area contributed by atoms with Crippen molar-refractivity contribution in [3.8, 4) is 0 Å². The lowest BCUT2D eigenvalue weighted by Crippen LogP contribution is -2.43. The molecule has 1 N–H and O–H groups in total. The van der Waals surface area contributed by atoms with E-state index in [1.165, 1.54) is 12.1 Å². The third-order valence-corrected chi connectivity index (χ3v) is 7.31. The first-order chi connectivity index (χ1) is 16.5. The quantitative estimate of drug-likeness (QED) is 0.395. The SMILES string of the molecule is CCC(=O)c1ccc(C[C@@H](CNC(=O)C[C@H](c2ccccc2)C2(C(C)(F)F)CC2)N(C)C)cc1F. The molecular formula is C28H35F3N2O2. The smallest absolute Gasteiger partial charge is 0.251 e. The molecule has 4 nitrogen and oxygen atoms in total. The van der Waals surface area contributed by atoms with Crippen molar-refractivity contribution in [2.75, 3.05) is 20.6 Å². The zero-order valence-corrected chi connectivity index (χ0v) is 20.9. The number of carbonyl (C=O) groups excluding carboxylic acids is 2. The van der Waals surface area contributed by atoms with Crippen molar-refractivity contribution in [1.82, 2.24) is 10.2 Å². The van der Waals surface area contributed by atoms with Gasteiger partial charge in [-0.25, -0.2) is 13.2 Å². The van der Waals surface area contributed by atoms with Crippen LogP contribution in [0.25, 0.3) is 0 Å². The molecule has 0 aromatic heterocycles. The summed E-state index contributed by atoms with van der Waals surface area (Å²) < 4.78 is 43.5. The molecule has 2 aromatic rings. The van der Waals surface area contributed by atoms with E-state index >= 15 is 0 Å². The summed E-state index contributed by atoms with van der Waals surface area (Å²) in [4.78, 5) is 26.7. The van der Waals surface area contributed by atoms with Gasteiger partial charge in [-0.2, -0.15) is 0 Å². The Morgan fingerprint density at radius 3 is 2.29 bits per heavy atom. The van der Waals surface area contributed by atoms with Gasteiger partial charge in [-0.1, -0.05) is 43.3 Å². The Kier molecular flexibility index (Phi) is 8.42. The van der Waals surface area contributed by atoms with Gasteiger partial charge < -0.3 is 10.2 Å². The highest BCUT2D eigenvalue weighted by Gasteiger charge is 2.63. The number of hydrogen-bond donors (Lipinski definition) is 1. The predicted molar refractivity (Wildman–Crippen MR) is 131 cm³/mol. The van der Waals surface area contributed by atoms with Crippen LogP contribution < -0.4 is 5.32 Å². The third kappa shape index (κ3) is 6.31. The number of likely N-dealkylation sites (N-methyl/N-ethyl adjacent to an activating group) is 1. The molecule has 0 heterocycles. The monoisotopic (exact) mass is 488 g/mol. The van der Waals surface area contributed by atoms with Crippen molar-refractivity contribution < 1.29 is 22.8 Å². The van der Waals surface area contributed by atoms with E-state index < -0.39 is 23.1 Å². The van der Waals surface area contributed by atoms with Gasteiger partial charge in [-0.15, -0.1) is 0 Å². The number of Topliss-reactive ketones (excluding diaryl/α,β-unsaturated/α-hetero) is 1. The number of ketones is 1. The Balaban J connectivity index is 1.68. The summed E-state index contributed by atoms with van der Waals surface area (Å²) in [5.74, 6) is -4.52. The summed E-state index contributed by atoms with van der Waals surface area (Å²) in [7, 11) is 3.73.